The quantitative estimate of drug-likeness (QED) is 0.728. The Morgan fingerprint density at radius 1 is 1.29 bits per heavy atom. The first-order chi connectivity index (χ1) is 6.70. The van der Waals surface area contributed by atoms with Gasteiger partial charge in [-0.3, -0.25) is 0 Å². The fourth-order valence-corrected chi connectivity index (χ4v) is 2.18. The average molecular weight is 198 g/mol. The smallest absolute Gasteiger partial charge is 0.0116 e. The highest BCUT2D eigenvalue weighted by Crippen LogP contribution is 2.11. The van der Waals surface area contributed by atoms with Gasteiger partial charge in [-0.15, -0.1) is 0 Å². The monoisotopic (exact) mass is 198 g/mol. The molecule has 2 nitrogen and oxygen atoms in total. The first-order valence-corrected chi connectivity index (χ1v) is 6.11. The van der Waals surface area contributed by atoms with Gasteiger partial charge in [-0.1, -0.05) is 13.8 Å². The van der Waals surface area contributed by atoms with Crippen LogP contribution in [0.5, 0.6) is 0 Å². The minimum absolute atomic E-state index is 0.836. The third-order valence-corrected chi connectivity index (χ3v) is 3.22. The van der Waals surface area contributed by atoms with Crippen LogP contribution in [-0.4, -0.2) is 37.6 Å². The molecule has 0 bridgehead atoms. The van der Waals surface area contributed by atoms with E-state index in [4.69, 9.17) is 0 Å². The number of nitrogens with one attached hydrogen (secondary N) is 1. The van der Waals surface area contributed by atoms with Gasteiger partial charge in [0.05, 0.1) is 0 Å². The topological polar surface area (TPSA) is 15.3 Å². The van der Waals surface area contributed by atoms with Crippen molar-refractivity contribution in [1.29, 1.82) is 0 Å². The number of piperidine rings is 1. The van der Waals surface area contributed by atoms with Gasteiger partial charge in [-0.25, -0.2) is 0 Å². The van der Waals surface area contributed by atoms with Crippen molar-refractivity contribution in [3.8, 4) is 0 Å². The molecule has 2 heteroatoms. The molecular weight excluding hydrogens is 172 g/mol. The number of nitrogens with zero attached hydrogens (tertiary/aromatic N) is 1. The van der Waals surface area contributed by atoms with Crippen molar-refractivity contribution >= 4 is 0 Å². The van der Waals surface area contributed by atoms with Crippen LogP contribution in [0.3, 0.4) is 0 Å². The molecule has 1 fully saturated rings. The summed E-state index contributed by atoms with van der Waals surface area (Å²) in [5.74, 6) is 0.858. The molecule has 0 aliphatic carbocycles. The van der Waals surface area contributed by atoms with Crippen molar-refractivity contribution in [3.05, 3.63) is 0 Å². The molecule has 0 spiro atoms. The predicted octanol–water partition coefficient (Wildman–Crippen LogP) is 2.11. The van der Waals surface area contributed by atoms with E-state index in [1.807, 2.05) is 0 Å². The van der Waals surface area contributed by atoms with Gasteiger partial charge in [-0.2, -0.15) is 0 Å². The van der Waals surface area contributed by atoms with Crippen molar-refractivity contribution in [2.45, 2.75) is 45.6 Å². The van der Waals surface area contributed by atoms with E-state index >= 15 is 0 Å². The summed E-state index contributed by atoms with van der Waals surface area (Å²) in [7, 11) is 2.29. The summed E-state index contributed by atoms with van der Waals surface area (Å²) in [5.41, 5.74) is 0. The second-order valence-corrected chi connectivity index (χ2v) is 5.00. The first-order valence-electron chi connectivity index (χ1n) is 6.11. The Bertz CT molecular complexity index is 139. The Kier molecular flexibility index (Phi) is 5.49. The molecule has 0 unspecified atom stereocenters. The zero-order valence-corrected chi connectivity index (χ0v) is 10.1. The van der Waals surface area contributed by atoms with Gasteiger partial charge >= 0.3 is 0 Å². The standard InChI is InChI=1S/C12H26N2/c1-11(2)5-4-10-14(3)12-6-8-13-9-7-12/h11-13H,4-10H2,1-3H3. The molecule has 1 N–H and O–H groups in total. The molecule has 84 valence electrons. The maximum absolute atomic E-state index is 3.42. The fourth-order valence-electron chi connectivity index (χ4n) is 2.18. The summed E-state index contributed by atoms with van der Waals surface area (Å²) in [6.45, 7) is 8.32. The second kappa shape index (κ2) is 6.41. The number of rotatable bonds is 5. The highest BCUT2D eigenvalue weighted by Gasteiger charge is 2.16. The minimum atomic E-state index is 0.836. The zero-order valence-electron chi connectivity index (χ0n) is 10.1. The molecule has 0 atom stereocenters. The van der Waals surface area contributed by atoms with Crippen LogP contribution < -0.4 is 5.32 Å². The van der Waals surface area contributed by atoms with Crippen molar-refractivity contribution < 1.29 is 0 Å². The van der Waals surface area contributed by atoms with Gasteiger partial charge in [0.1, 0.15) is 0 Å². The third-order valence-electron chi connectivity index (χ3n) is 3.22. The molecule has 1 aliphatic heterocycles. The van der Waals surface area contributed by atoms with Crippen molar-refractivity contribution in [3.63, 3.8) is 0 Å². The Morgan fingerprint density at radius 2 is 1.93 bits per heavy atom. The van der Waals surface area contributed by atoms with Crippen LogP contribution in [0.25, 0.3) is 0 Å². The van der Waals surface area contributed by atoms with E-state index in [1.54, 1.807) is 0 Å². The second-order valence-electron chi connectivity index (χ2n) is 5.00. The first kappa shape index (κ1) is 12.0. The van der Waals surface area contributed by atoms with E-state index < -0.39 is 0 Å². The maximum atomic E-state index is 3.42. The highest BCUT2D eigenvalue weighted by atomic mass is 15.1. The molecular formula is C12H26N2. The van der Waals surface area contributed by atoms with Crippen LogP contribution >= 0.6 is 0 Å². The third kappa shape index (κ3) is 4.43. The van der Waals surface area contributed by atoms with Crippen LogP contribution in [0.1, 0.15) is 39.5 Å². The Labute approximate surface area is 89.1 Å². The summed E-state index contributed by atoms with van der Waals surface area (Å²) in [5, 5.41) is 3.42. The SMILES string of the molecule is CC(C)CCCN(C)C1CCNCC1. The molecule has 14 heavy (non-hydrogen) atoms. The summed E-state index contributed by atoms with van der Waals surface area (Å²) < 4.78 is 0. The largest absolute Gasteiger partial charge is 0.317 e. The predicted molar refractivity (Wildman–Crippen MR) is 62.6 cm³/mol. The van der Waals surface area contributed by atoms with E-state index in [2.05, 4.69) is 31.1 Å². The molecule has 0 radical (unpaired) electrons. The molecule has 0 saturated carbocycles. The van der Waals surface area contributed by atoms with E-state index in [0.29, 0.717) is 0 Å². The van der Waals surface area contributed by atoms with Crippen LogP contribution in [0.2, 0.25) is 0 Å². The van der Waals surface area contributed by atoms with Crippen LogP contribution in [0.15, 0.2) is 0 Å². The van der Waals surface area contributed by atoms with Gasteiger partial charge in [0.25, 0.3) is 0 Å². The zero-order chi connectivity index (χ0) is 10.4. The Hall–Kier alpha value is -0.0800. The highest BCUT2D eigenvalue weighted by molar-refractivity contribution is 4.75. The van der Waals surface area contributed by atoms with Gasteiger partial charge in [0.2, 0.25) is 0 Å². The molecule has 0 aromatic rings. The number of hydrogen-bond acceptors (Lipinski definition) is 2. The maximum Gasteiger partial charge on any atom is 0.0116 e. The Morgan fingerprint density at radius 3 is 2.50 bits per heavy atom. The van der Waals surface area contributed by atoms with E-state index in [9.17, 15) is 0 Å². The van der Waals surface area contributed by atoms with Crippen molar-refractivity contribution in [1.82, 2.24) is 10.2 Å². The molecule has 1 rings (SSSR count). The summed E-state index contributed by atoms with van der Waals surface area (Å²) in [6.07, 6.45) is 5.39. The molecule has 1 heterocycles. The lowest BCUT2D eigenvalue weighted by atomic mass is 10.0. The fraction of sp³-hybridized carbons (Fsp3) is 1.00. The van der Waals surface area contributed by atoms with Gasteiger partial charge in [0.15, 0.2) is 0 Å². The van der Waals surface area contributed by atoms with E-state index in [1.165, 1.54) is 45.3 Å². The summed E-state index contributed by atoms with van der Waals surface area (Å²) in [4.78, 5) is 2.56. The van der Waals surface area contributed by atoms with Gasteiger partial charge < -0.3 is 10.2 Å². The van der Waals surface area contributed by atoms with Crippen LogP contribution in [0, 0.1) is 5.92 Å². The average Bonchev–Trinajstić information content (AvgIpc) is 2.18. The van der Waals surface area contributed by atoms with Gasteiger partial charge in [-0.05, 0) is 58.3 Å². The lowest BCUT2D eigenvalue weighted by molar-refractivity contribution is 0.193. The molecule has 0 aromatic carbocycles. The molecule has 1 aliphatic rings. The Balaban J connectivity index is 2.10. The van der Waals surface area contributed by atoms with Crippen LogP contribution in [-0.2, 0) is 0 Å². The molecule has 0 amide bonds. The summed E-state index contributed by atoms with van der Waals surface area (Å²) in [6, 6.07) is 0.836. The van der Waals surface area contributed by atoms with E-state index in [0.717, 1.165) is 12.0 Å². The lowest BCUT2D eigenvalue weighted by Crippen LogP contribution is -2.41. The van der Waals surface area contributed by atoms with Gasteiger partial charge in [0, 0.05) is 6.04 Å². The lowest BCUT2D eigenvalue weighted by Gasteiger charge is -2.31. The molecule has 1 saturated heterocycles. The van der Waals surface area contributed by atoms with E-state index in [-0.39, 0.29) is 0 Å². The summed E-state index contributed by atoms with van der Waals surface area (Å²) >= 11 is 0. The van der Waals surface area contributed by atoms with Crippen LogP contribution in [0.4, 0.5) is 0 Å². The normalized spacial score (nSPS) is 19.5. The van der Waals surface area contributed by atoms with Crippen molar-refractivity contribution in [2.75, 3.05) is 26.7 Å². The van der Waals surface area contributed by atoms with Crippen molar-refractivity contribution in [2.24, 2.45) is 5.92 Å². The number of hydrogen-bond donors (Lipinski definition) is 1. The minimum Gasteiger partial charge on any atom is -0.317 e. The molecule has 0 aromatic heterocycles.